The van der Waals surface area contributed by atoms with Crippen molar-refractivity contribution in [2.24, 2.45) is 5.92 Å². The molecule has 0 aliphatic carbocycles. The largest absolute Gasteiger partial charge is 0.334 e. The molecular weight excluding hydrogens is 381 g/mol. The van der Waals surface area contributed by atoms with Gasteiger partial charge in [0.05, 0.1) is 0 Å². The number of carbonyl (C=O) groups excluding carboxylic acids is 1. The highest BCUT2D eigenvalue weighted by Gasteiger charge is 2.34. The van der Waals surface area contributed by atoms with Crippen LogP contribution in [0.4, 0.5) is 0 Å². The van der Waals surface area contributed by atoms with E-state index in [-0.39, 0.29) is 11.9 Å². The van der Waals surface area contributed by atoms with Crippen molar-refractivity contribution in [3.05, 3.63) is 32.7 Å². The van der Waals surface area contributed by atoms with Crippen LogP contribution in [0.1, 0.15) is 23.7 Å². The van der Waals surface area contributed by atoms with Gasteiger partial charge in [0.15, 0.2) is 0 Å². The van der Waals surface area contributed by atoms with Gasteiger partial charge in [-0.1, -0.05) is 38.8 Å². The van der Waals surface area contributed by atoms with E-state index in [0.717, 1.165) is 21.9 Å². The third-order valence-corrected chi connectivity index (χ3v) is 4.64. The van der Waals surface area contributed by atoms with E-state index in [9.17, 15) is 4.79 Å². The van der Waals surface area contributed by atoms with Crippen molar-refractivity contribution >= 4 is 49.4 Å². The van der Waals surface area contributed by atoms with E-state index in [1.807, 2.05) is 23.1 Å². The van der Waals surface area contributed by atoms with Crippen LogP contribution in [0.3, 0.4) is 0 Å². The lowest BCUT2D eigenvalue weighted by Gasteiger charge is -2.25. The first-order chi connectivity index (χ1) is 8.52. The minimum Gasteiger partial charge on any atom is -0.334 e. The highest BCUT2D eigenvalue weighted by molar-refractivity contribution is 9.11. The SMILES string of the molecule is CC1CCN(C(=O)c2cc(Br)cc(Br)c2)C1CCl. The number of halogens is 3. The van der Waals surface area contributed by atoms with Crippen LogP contribution in [0.15, 0.2) is 27.1 Å². The third-order valence-electron chi connectivity index (χ3n) is 3.41. The Bertz CT molecular complexity index is 446. The summed E-state index contributed by atoms with van der Waals surface area (Å²) in [6.45, 7) is 2.94. The quantitative estimate of drug-likeness (QED) is 0.684. The summed E-state index contributed by atoms with van der Waals surface area (Å²) in [6.07, 6.45) is 1.03. The maximum atomic E-state index is 12.5. The second-order valence-corrected chi connectivity index (χ2v) is 6.78. The summed E-state index contributed by atoms with van der Waals surface area (Å²) in [5, 5.41) is 0. The summed E-state index contributed by atoms with van der Waals surface area (Å²) in [5.41, 5.74) is 0.695. The van der Waals surface area contributed by atoms with Crippen molar-refractivity contribution in [2.75, 3.05) is 12.4 Å². The Hall–Kier alpha value is -0.0600. The standard InChI is InChI=1S/C13H14Br2ClNO/c1-8-2-3-17(12(8)7-16)13(18)9-4-10(14)6-11(15)5-9/h4-6,8,12H,2-3,7H2,1H3. The Kier molecular flexibility index (Phi) is 4.73. The third kappa shape index (κ3) is 2.91. The molecule has 2 unspecified atom stereocenters. The fraction of sp³-hybridized carbons (Fsp3) is 0.462. The number of hydrogen-bond acceptors (Lipinski definition) is 1. The van der Waals surface area contributed by atoms with Crippen molar-refractivity contribution in [1.29, 1.82) is 0 Å². The molecule has 18 heavy (non-hydrogen) atoms. The molecular formula is C13H14Br2ClNO. The molecule has 1 aliphatic heterocycles. The van der Waals surface area contributed by atoms with Crippen LogP contribution >= 0.6 is 43.5 Å². The van der Waals surface area contributed by atoms with E-state index < -0.39 is 0 Å². The van der Waals surface area contributed by atoms with Crippen LogP contribution in [-0.4, -0.2) is 29.3 Å². The Morgan fingerprint density at radius 1 is 1.39 bits per heavy atom. The van der Waals surface area contributed by atoms with E-state index in [0.29, 0.717) is 17.4 Å². The first-order valence-corrected chi connectivity index (χ1v) is 7.98. The zero-order valence-corrected chi connectivity index (χ0v) is 13.9. The van der Waals surface area contributed by atoms with E-state index in [1.165, 1.54) is 0 Å². The zero-order valence-electron chi connectivity index (χ0n) is 10.00. The van der Waals surface area contributed by atoms with Gasteiger partial charge in [0.25, 0.3) is 5.91 Å². The van der Waals surface area contributed by atoms with Gasteiger partial charge in [-0.3, -0.25) is 4.79 Å². The molecule has 2 atom stereocenters. The molecule has 1 aromatic rings. The van der Waals surface area contributed by atoms with Crippen LogP contribution in [0.25, 0.3) is 0 Å². The topological polar surface area (TPSA) is 20.3 Å². The second-order valence-electron chi connectivity index (χ2n) is 4.64. The summed E-state index contributed by atoms with van der Waals surface area (Å²) < 4.78 is 1.80. The summed E-state index contributed by atoms with van der Waals surface area (Å²) in [6, 6.07) is 5.77. The Balaban J connectivity index is 2.25. The lowest BCUT2D eigenvalue weighted by atomic mass is 10.0. The molecule has 0 saturated carbocycles. The van der Waals surface area contributed by atoms with Gasteiger partial charge in [-0.15, -0.1) is 11.6 Å². The molecule has 1 amide bonds. The first kappa shape index (κ1) is 14.4. The predicted molar refractivity (Wildman–Crippen MR) is 81.2 cm³/mol. The highest BCUT2D eigenvalue weighted by Crippen LogP contribution is 2.28. The van der Waals surface area contributed by atoms with Crippen molar-refractivity contribution in [2.45, 2.75) is 19.4 Å². The molecule has 0 N–H and O–H groups in total. The van der Waals surface area contributed by atoms with Gasteiger partial charge in [-0.2, -0.15) is 0 Å². The maximum absolute atomic E-state index is 12.5. The normalized spacial score (nSPS) is 23.4. The molecule has 1 aliphatic rings. The van der Waals surface area contributed by atoms with E-state index >= 15 is 0 Å². The average molecular weight is 396 g/mol. The summed E-state index contributed by atoms with van der Waals surface area (Å²) in [5.74, 6) is 1.04. The number of nitrogens with zero attached hydrogens (tertiary/aromatic N) is 1. The number of carbonyl (C=O) groups is 1. The molecule has 0 radical (unpaired) electrons. The molecule has 2 rings (SSSR count). The number of likely N-dealkylation sites (tertiary alicyclic amines) is 1. The lowest BCUT2D eigenvalue weighted by Crippen LogP contribution is -2.38. The average Bonchev–Trinajstić information content (AvgIpc) is 2.68. The zero-order chi connectivity index (χ0) is 13.3. The van der Waals surface area contributed by atoms with Crippen molar-refractivity contribution < 1.29 is 4.79 Å². The minimum absolute atomic E-state index is 0.0620. The first-order valence-electron chi connectivity index (χ1n) is 5.86. The number of hydrogen-bond donors (Lipinski definition) is 0. The predicted octanol–water partition coefficient (Wildman–Crippen LogP) is 4.30. The van der Waals surface area contributed by atoms with Crippen LogP contribution in [0.2, 0.25) is 0 Å². The molecule has 0 spiro atoms. The van der Waals surface area contributed by atoms with Crippen LogP contribution < -0.4 is 0 Å². The van der Waals surface area contributed by atoms with E-state index in [1.54, 1.807) is 0 Å². The molecule has 2 nitrogen and oxygen atoms in total. The second kappa shape index (κ2) is 5.93. The number of amides is 1. The molecule has 0 aromatic heterocycles. The molecule has 0 bridgehead atoms. The number of benzene rings is 1. The molecule has 98 valence electrons. The minimum atomic E-state index is 0.0620. The smallest absolute Gasteiger partial charge is 0.254 e. The van der Waals surface area contributed by atoms with Crippen LogP contribution in [-0.2, 0) is 0 Å². The Morgan fingerprint density at radius 2 is 2.00 bits per heavy atom. The molecule has 1 aromatic carbocycles. The Labute approximate surface area is 129 Å². The molecule has 1 fully saturated rings. The number of alkyl halides is 1. The monoisotopic (exact) mass is 393 g/mol. The Morgan fingerprint density at radius 3 is 2.56 bits per heavy atom. The van der Waals surface area contributed by atoms with E-state index in [4.69, 9.17) is 11.6 Å². The summed E-state index contributed by atoms with van der Waals surface area (Å²) >= 11 is 12.8. The molecule has 5 heteroatoms. The van der Waals surface area contributed by atoms with Gasteiger partial charge in [-0.25, -0.2) is 0 Å². The van der Waals surface area contributed by atoms with Gasteiger partial charge in [0.2, 0.25) is 0 Å². The lowest BCUT2D eigenvalue weighted by molar-refractivity contribution is 0.0737. The molecule has 1 saturated heterocycles. The van der Waals surface area contributed by atoms with Crippen molar-refractivity contribution in [3.63, 3.8) is 0 Å². The van der Waals surface area contributed by atoms with Crippen molar-refractivity contribution in [1.82, 2.24) is 4.90 Å². The van der Waals surface area contributed by atoms with Crippen LogP contribution in [0.5, 0.6) is 0 Å². The highest BCUT2D eigenvalue weighted by atomic mass is 79.9. The summed E-state index contributed by atoms with van der Waals surface area (Å²) in [7, 11) is 0. The maximum Gasteiger partial charge on any atom is 0.254 e. The fourth-order valence-electron chi connectivity index (χ4n) is 2.34. The van der Waals surface area contributed by atoms with Gasteiger partial charge >= 0.3 is 0 Å². The van der Waals surface area contributed by atoms with Gasteiger partial charge < -0.3 is 4.90 Å². The fourth-order valence-corrected chi connectivity index (χ4v) is 4.10. The van der Waals surface area contributed by atoms with Gasteiger partial charge in [0.1, 0.15) is 0 Å². The van der Waals surface area contributed by atoms with Crippen molar-refractivity contribution in [3.8, 4) is 0 Å². The van der Waals surface area contributed by atoms with Gasteiger partial charge in [-0.05, 0) is 30.5 Å². The van der Waals surface area contributed by atoms with Crippen LogP contribution in [0, 0.1) is 5.92 Å². The van der Waals surface area contributed by atoms with Gasteiger partial charge in [0, 0.05) is 33.0 Å². The summed E-state index contributed by atoms with van der Waals surface area (Å²) in [4.78, 5) is 14.4. The number of rotatable bonds is 2. The molecule has 1 heterocycles. The van der Waals surface area contributed by atoms with E-state index in [2.05, 4.69) is 38.8 Å².